The van der Waals surface area contributed by atoms with Gasteiger partial charge in [0.2, 0.25) is 0 Å². The van der Waals surface area contributed by atoms with Gasteiger partial charge in [0, 0.05) is 29.4 Å². The smallest absolute Gasteiger partial charge is 0.0953 e. The van der Waals surface area contributed by atoms with Crippen molar-refractivity contribution in [3.8, 4) is 12.1 Å². The Kier molecular flexibility index (Phi) is 3.52. The van der Waals surface area contributed by atoms with Crippen molar-refractivity contribution in [3.05, 3.63) is 82.9 Å². The van der Waals surface area contributed by atoms with Crippen LogP contribution in [0.5, 0.6) is 0 Å². The van der Waals surface area contributed by atoms with Crippen molar-refractivity contribution in [1.29, 1.82) is 10.5 Å². The molecular formula is C22H16N2. The molecule has 0 N–H and O–H groups in total. The highest BCUT2D eigenvalue weighted by molar-refractivity contribution is 5.87. The first-order valence-electron chi connectivity index (χ1n) is 8.20. The summed E-state index contributed by atoms with van der Waals surface area (Å²) in [5, 5.41) is 19.5. The molecule has 114 valence electrons. The standard InChI is InChI=1S/C22H16N2/c23-13-21-17(15-7-3-1-4-8-15)11-18(16-9-5-2-6-10-16)22(14-24)20-12-19(20)21/h1-10,19-20H,11-12H2/t19-,20+. The number of nitrogens with zero attached hydrogens (tertiary/aromatic N) is 2. The number of allylic oxidation sites excluding steroid dienone is 4. The molecule has 4 rings (SSSR count). The number of fused-ring (bicyclic) bond motifs is 1. The van der Waals surface area contributed by atoms with E-state index < -0.39 is 0 Å². The second-order valence-corrected chi connectivity index (χ2v) is 6.37. The van der Waals surface area contributed by atoms with Crippen molar-refractivity contribution in [2.45, 2.75) is 12.8 Å². The molecule has 0 aliphatic heterocycles. The summed E-state index contributed by atoms with van der Waals surface area (Å²) in [5.41, 5.74) is 6.07. The van der Waals surface area contributed by atoms with E-state index in [0.29, 0.717) is 6.42 Å². The number of rotatable bonds is 2. The third kappa shape index (κ3) is 2.34. The predicted octanol–water partition coefficient (Wildman–Crippen LogP) is 4.98. The van der Waals surface area contributed by atoms with E-state index in [9.17, 15) is 10.5 Å². The minimum Gasteiger partial charge on any atom is -0.193 e. The molecule has 0 spiro atoms. The summed E-state index contributed by atoms with van der Waals surface area (Å²) >= 11 is 0. The van der Waals surface area contributed by atoms with Crippen molar-refractivity contribution < 1.29 is 0 Å². The van der Waals surface area contributed by atoms with E-state index in [1.807, 2.05) is 36.4 Å². The summed E-state index contributed by atoms with van der Waals surface area (Å²) in [6, 6.07) is 25.1. The Labute approximate surface area is 142 Å². The Morgan fingerprint density at radius 3 is 1.46 bits per heavy atom. The first kappa shape index (κ1) is 14.5. The van der Waals surface area contributed by atoms with Crippen molar-refractivity contribution >= 4 is 11.1 Å². The lowest BCUT2D eigenvalue weighted by Gasteiger charge is -2.14. The molecular weight excluding hydrogens is 292 g/mol. The summed E-state index contributed by atoms with van der Waals surface area (Å²) in [6.07, 6.45) is 1.56. The summed E-state index contributed by atoms with van der Waals surface area (Å²) in [4.78, 5) is 0. The molecule has 0 bridgehead atoms. The van der Waals surface area contributed by atoms with Crippen LogP contribution in [0.25, 0.3) is 11.1 Å². The summed E-state index contributed by atoms with van der Waals surface area (Å²) < 4.78 is 0. The molecule has 2 aliphatic carbocycles. The molecule has 0 aromatic heterocycles. The van der Waals surface area contributed by atoms with Gasteiger partial charge >= 0.3 is 0 Å². The van der Waals surface area contributed by atoms with Gasteiger partial charge < -0.3 is 0 Å². The van der Waals surface area contributed by atoms with E-state index in [1.54, 1.807) is 0 Å². The average molecular weight is 308 g/mol. The Morgan fingerprint density at radius 2 is 1.08 bits per heavy atom. The van der Waals surface area contributed by atoms with Gasteiger partial charge in [-0.15, -0.1) is 0 Å². The monoisotopic (exact) mass is 308 g/mol. The topological polar surface area (TPSA) is 47.6 Å². The minimum atomic E-state index is 0.209. The Balaban J connectivity index is 1.91. The van der Waals surface area contributed by atoms with Gasteiger partial charge in [-0.25, -0.2) is 0 Å². The van der Waals surface area contributed by atoms with Crippen molar-refractivity contribution in [2.75, 3.05) is 0 Å². The van der Waals surface area contributed by atoms with Gasteiger partial charge in [0.1, 0.15) is 0 Å². The van der Waals surface area contributed by atoms with Gasteiger partial charge in [0.05, 0.1) is 12.1 Å². The molecule has 2 aliphatic rings. The number of hydrogen-bond donors (Lipinski definition) is 0. The Hall–Kier alpha value is -3.10. The van der Waals surface area contributed by atoms with Crippen LogP contribution >= 0.6 is 0 Å². The summed E-state index contributed by atoms with van der Waals surface area (Å²) in [7, 11) is 0. The largest absolute Gasteiger partial charge is 0.193 e. The lowest BCUT2D eigenvalue weighted by Crippen LogP contribution is -1.95. The molecule has 0 heterocycles. The molecule has 1 saturated carbocycles. The van der Waals surface area contributed by atoms with Crippen molar-refractivity contribution in [1.82, 2.24) is 0 Å². The van der Waals surface area contributed by atoms with E-state index in [2.05, 4.69) is 36.4 Å². The minimum absolute atomic E-state index is 0.209. The van der Waals surface area contributed by atoms with Gasteiger partial charge in [-0.05, 0) is 28.7 Å². The van der Waals surface area contributed by atoms with E-state index in [0.717, 1.165) is 39.8 Å². The molecule has 0 radical (unpaired) electrons. The van der Waals surface area contributed by atoms with Gasteiger partial charge in [-0.3, -0.25) is 0 Å². The first-order valence-corrected chi connectivity index (χ1v) is 8.20. The zero-order valence-electron chi connectivity index (χ0n) is 13.2. The van der Waals surface area contributed by atoms with Crippen molar-refractivity contribution in [3.63, 3.8) is 0 Å². The SMILES string of the molecule is N#CC1=C(c2ccccc2)CC(c2ccccc2)=C(C#N)[C@@H]2C[C@H]12. The second kappa shape index (κ2) is 5.84. The fraction of sp³-hybridized carbons (Fsp3) is 0.182. The average Bonchev–Trinajstić information content (AvgIpc) is 3.42. The van der Waals surface area contributed by atoms with Crippen LogP contribution in [0.1, 0.15) is 24.0 Å². The molecule has 2 atom stereocenters. The molecule has 0 amide bonds. The van der Waals surface area contributed by atoms with Crippen LogP contribution < -0.4 is 0 Å². The van der Waals surface area contributed by atoms with Crippen LogP contribution in [-0.2, 0) is 0 Å². The normalized spacial score (nSPS) is 22.2. The fourth-order valence-electron chi connectivity index (χ4n) is 3.74. The Bertz CT molecular complexity index is 844. The number of nitriles is 2. The highest BCUT2D eigenvalue weighted by Crippen LogP contribution is 2.55. The van der Waals surface area contributed by atoms with Gasteiger partial charge in [-0.1, -0.05) is 60.7 Å². The van der Waals surface area contributed by atoms with Gasteiger partial charge in [0.25, 0.3) is 0 Å². The first-order chi connectivity index (χ1) is 11.8. The zero-order valence-corrected chi connectivity index (χ0v) is 13.2. The number of benzene rings is 2. The molecule has 0 saturated heterocycles. The molecule has 24 heavy (non-hydrogen) atoms. The fourth-order valence-corrected chi connectivity index (χ4v) is 3.74. The van der Waals surface area contributed by atoms with Gasteiger partial charge in [0.15, 0.2) is 0 Å². The summed E-state index contributed by atoms with van der Waals surface area (Å²) in [5.74, 6) is 0.419. The molecule has 0 unspecified atom stereocenters. The van der Waals surface area contributed by atoms with Crippen LogP contribution in [0.4, 0.5) is 0 Å². The molecule has 2 heteroatoms. The van der Waals surface area contributed by atoms with E-state index in [1.165, 1.54) is 0 Å². The van der Waals surface area contributed by atoms with Crippen LogP contribution in [-0.4, -0.2) is 0 Å². The predicted molar refractivity (Wildman–Crippen MR) is 94.2 cm³/mol. The highest BCUT2D eigenvalue weighted by atomic mass is 14.5. The third-order valence-electron chi connectivity index (χ3n) is 5.02. The quantitative estimate of drug-likeness (QED) is 0.785. The number of hydrogen-bond acceptors (Lipinski definition) is 2. The van der Waals surface area contributed by atoms with Gasteiger partial charge in [-0.2, -0.15) is 10.5 Å². The molecule has 2 nitrogen and oxygen atoms in total. The lowest BCUT2D eigenvalue weighted by atomic mass is 9.89. The molecule has 1 fully saturated rings. The third-order valence-corrected chi connectivity index (χ3v) is 5.02. The zero-order chi connectivity index (χ0) is 16.5. The highest BCUT2D eigenvalue weighted by Gasteiger charge is 2.47. The maximum absolute atomic E-state index is 9.75. The summed E-state index contributed by atoms with van der Waals surface area (Å²) in [6.45, 7) is 0. The Morgan fingerprint density at radius 1 is 0.667 bits per heavy atom. The van der Waals surface area contributed by atoms with Crippen molar-refractivity contribution in [2.24, 2.45) is 11.8 Å². The maximum Gasteiger partial charge on any atom is 0.0953 e. The van der Waals surface area contributed by atoms with E-state index >= 15 is 0 Å². The maximum atomic E-state index is 9.75. The van der Waals surface area contributed by atoms with E-state index in [-0.39, 0.29) is 11.8 Å². The van der Waals surface area contributed by atoms with Crippen LogP contribution in [0, 0.1) is 34.5 Å². The molecule has 2 aromatic carbocycles. The van der Waals surface area contributed by atoms with Crippen LogP contribution in [0.3, 0.4) is 0 Å². The van der Waals surface area contributed by atoms with Crippen LogP contribution in [0.15, 0.2) is 71.8 Å². The second-order valence-electron chi connectivity index (χ2n) is 6.37. The van der Waals surface area contributed by atoms with Crippen LogP contribution in [0.2, 0.25) is 0 Å². The van der Waals surface area contributed by atoms with E-state index in [4.69, 9.17) is 0 Å². The lowest BCUT2D eigenvalue weighted by molar-refractivity contribution is 0.936. The molecule has 2 aromatic rings.